The van der Waals surface area contributed by atoms with Gasteiger partial charge in [-0.2, -0.15) is 4.98 Å². The van der Waals surface area contributed by atoms with Gasteiger partial charge in [-0.05, 0) is 22.4 Å². The van der Waals surface area contributed by atoms with Gasteiger partial charge in [0.05, 0.1) is 0 Å². The van der Waals surface area contributed by atoms with E-state index >= 15 is 0 Å². The van der Waals surface area contributed by atoms with E-state index in [1.54, 1.807) is 0 Å². The third kappa shape index (κ3) is 3.00. The van der Waals surface area contributed by atoms with Crippen LogP contribution in [0.3, 0.4) is 0 Å². The van der Waals surface area contributed by atoms with Crippen molar-refractivity contribution in [3.05, 3.63) is 30.3 Å². The molecule has 22 heavy (non-hydrogen) atoms. The third-order valence-corrected chi connectivity index (χ3v) is 2.58. The number of ether oxygens (including phenoxy) is 1. The van der Waals surface area contributed by atoms with Gasteiger partial charge in [0, 0.05) is 17.8 Å². The summed E-state index contributed by atoms with van der Waals surface area (Å²) in [6.45, 7) is 0. The highest BCUT2D eigenvalue weighted by Gasteiger charge is 2.31. The number of anilines is 2. The number of halogens is 3. The number of hydrogen-bond acceptors (Lipinski definition) is 7. The third-order valence-electron chi connectivity index (χ3n) is 2.58. The van der Waals surface area contributed by atoms with E-state index in [1.165, 1.54) is 18.2 Å². The molecule has 3 rings (SSSR count). The Kier molecular flexibility index (Phi) is 3.20. The summed E-state index contributed by atoms with van der Waals surface area (Å²) in [5, 5.41) is 19.5. The molecule has 0 fully saturated rings. The topological polar surface area (TPSA) is 93.3 Å². The molecule has 2 N–H and O–H groups in total. The molecule has 1 aromatic carbocycles. The second-order valence-corrected chi connectivity index (χ2v) is 4.17. The lowest BCUT2D eigenvalue weighted by Crippen LogP contribution is -2.17. The van der Waals surface area contributed by atoms with Crippen molar-refractivity contribution in [2.24, 2.45) is 0 Å². The Balaban J connectivity index is 1.88. The SMILES string of the molecule is Oc1nc2nonc2cc1Nc1cccc(OC(F)(F)F)c1. The Morgan fingerprint density at radius 1 is 1.18 bits per heavy atom. The first-order chi connectivity index (χ1) is 10.4. The monoisotopic (exact) mass is 312 g/mol. The predicted molar refractivity (Wildman–Crippen MR) is 67.7 cm³/mol. The number of nitrogens with one attached hydrogen (secondary N) is 1. The number of aromatic nitrogens is 3. The number of alkyl halides is 3. The predicted octanol–water partition coefficient (Wildman–Crippen LogP) is 2.97. The van der Waals surface area contributed by atoms with Gasteiger partial charge in [0.15, 0.2) is 5.52 Å². The molecule has 2 aromatic heterocycles. The van der Waals surface area contributed by atoms with E-state index in [1.807, 2.05) is 0 Å². The average Bonchev–Trinajstić information content (AvgIpc) is 2.84. The zero-order valence-electron chi connectivity index (χ0n) is 10.6. The highest BCUT2D eigenvalue weighted by Crippen LogP contribution is 2.30. The van der Waals surface area contributed by atoms with Crippen LogP contribution < -0.4 is 10.1 Å². The Bertz CT molecular complexity index is 819. The van der Waals surface area contributed by atoms with Gasteiger partial charge in [-0.25, -0.2) is 4.63 Å². The van der Waals surface area contributed by atoms with Crippen molar-refractivity contribution in [1.29, 1.82) is 0 Å². The molecular weight excluding hydrogens is 305 g/mol. The van der Waals surface area contributed by atoms with Gasteiger partial charge in [-0.1, -0.05) is 6.07 Å². The summed E-state index contributed by atoms with van der Waals surface area (Å²) in [4.78, 5) is 3.73. The highest BCUT2D eigenvalue weighted by atomic mass is 19.4. The Morgan fingerprint density at radius 2 is 2.00 bits per heavy atom. The summed E-state index contributed by atoms with van der Waals surface area (Å²) in [7, 11) is 0. The van der Waals surface area contributed by atoms with Crippen LogP contribution in [0, 0.1) is 0 Å². The van der Waals surface area contributed by atoms with Crippen molar-refractivity contribution < 1.29 is 27.6 Å². The van der Waals surface area contributed by atoms with Crippen LogP contribution in [0.25, 0.3) is 11.2 Å². The average molecular weight is 312 g/mol. The lowest BCUT2D eigenvalue weighted by Gasteiger charge is -2.11. The first kappa shape index (κ1) is 13.9. The van der Waals surface area contributed by atoms with Crippen molar-refractivity contribution in [3.63, 3.8) is 0 Å². The van der Waals surface area contributed by atoms with E-state index in [9.17, 15) is 18.3 Å². The molecule has 0 bridgehead atoms. The number of nitrogens with zero attached hydrogens (tertiary/aromatic N) is 3. The standard InChI is InChI=1S/C12H7F3N4O3/c13-12(14,15)21-7-3-1-2-6(4-7)16-9-5-8-10(17-11(9)20)19-22-18-8/h1-5,16H,(H,17,19,20). The molecule has 114 valence electrons. The molecule has 0 spiro atoms. The molecule has 0 aliphatic rings. The molecule has 0 saturated heterocycles. The highest BCUT2D eigenvalue weighted by molar-refractivity contribution is 5.78. The van der Waals surface area contributed by atoms with Crippen LogP contribution in [0.15, 0.2) is 35.0 Å². The normalized spacial score (nSPS) is 11.6. The van der Waals surface area contributed by atoms with Crippen LogP contribution >= 0.6 is 0 Å². The van der Waals surface area contributed by atoms with Crippen molar-refractivity contribution in [2.75, 3.05) is 5.32 Å². The summed E-state index contributed by atoms with van der Waals surface area (Å²) < 4.78 is 44.8. The van der Waals surface area contributed by atoms with E-state index in [2.05, 4.69) is 30.0 Å². The van der Waals surface area contributed by atoms with E-state index in [0.29, 0.717) is 0 Å². The lowest BCUT2D eigenvalue weighted by molar-refractivity contribution is -0.274. The second kappa shape index (κ2) is 5.06. The largest absolute Gasteiger partial charge is 0.573 e. The van der Waals surface area contributed by atoms with Gasteiger partial charge < -0.3 is 15.2 Å². The lowest BCUT2D eigenvalue weighted by atomic mass is 10.2. The molecule has 0 radical (unpaired) electrons. The smallest absolute Gasteiger partial charge is 0.492 e. The Morgan fingerprint density at radius 3 is 2.77 bits per heavy atom. The minimum absolute atomic E-state index is 0.109. The van der Waals surface area contributed by atoms with Crippen molar-refractivity contribution >= 4 is 22.5 Å². The molecule has 0 unspecified atom stereocenters. The van der Waals surface area contributed by atoms with Crippen molar-refractivity contribution in [3.8, 4) is 11.6 Å². The first-order valence-corrected chi connectivity index (χ1v) is 5.86. The van der Waals surface area contributed by atoms with E-state index < -0.39 is 18.0 Å². The zero-order chi connectivity index (χ0) is 15.7. The summed E-state index contributed by atoms with van der Waals surface area (Å²) in [6.07, 6.45) is -4.78. The molecule has 7 nitrogen and oxygen atoms in total. The van der Waals surface area contributed by atoms with Crippen molar-refractivity contribution in [1.82, 2.24) is 15.3 Å². The molecule has 10 heteroatoms. The van der Waals surface area contributed by atoms with Gasteiger partial charge in [-0.15, -0.1) is 13.2 Å². The summed E-state index contributed by atoms with van der Waals surface area (Å²) in [5.74, 6) is -0.792. The van der Waals surface area contributed by atoms with E-state index in [4.69, 9.17) is 0 Å². The molecular formula is C12H7F3N4O3. The van der Waals surface area contributed by atoms with Gasteiger partial charge in [0.2, 0.25) is 11.5 Å². The molecule has 0 amide bonds. The quantitative estimate of drug-likeness (QED) is 0.768. The number of pyridine rings is 1. The molecule has 0 atom stereocenters. The summed E-state index contributed by atoms with van der Waals surface area (Å²) >= 11 is 0. The Hall–Kier alpha value is -3.04. The van der Waals surface area contributed by atoms with Crippen LogP contribution in [-0.4, -0.2) is 26.8 Å². The fraction of sp³-hybridized carbons (Fsp3) is 0.0833. The van der Waals surface area contributed by atoms with Crippen LogP contribution in [0.5, 0.6) is 11.6 Å². The maximum atomic E-state index is 12.2. The maximum Gasteiger partial charge on any atom is 0.573 e. The van der Waals surface area contributed by atoms with Gasteiger partial charge in [0.25, 0.3) is 0 Å². The minimum atomic E-state index is -4.78. The number of fused-ring (bicyclic) bond motifs is 1. The molecule has 0 aliphatic carbocycles. The maximum absolute atomic E-state index is 12.2. The van der Waals surface area contributed by atoms with Gasteiger partial charge in [-0.3, -0.25) is 0 Å². The summed E-state index contributed by atoms with van der Waals surface area (Å²) in [5.41, 5.74) is 0.780. The minimum Gasteiger partial charge on any atom is -0.492 e. The van der Waals surface area contributed by atoms with Crippen LogP contribution in [0.2, 0.25) is 0 Å². The first-order valence-electron chi connectivity index (χ1n) is 5.86. The van der Waals surface area contributed by atoms with Gasteiger partial charge in [0.1, 0.15) is 11.4 Å². The van der Waals surface area contributed by atoms with Crippen molar-refractivity contribution in [2.45, 2.75) is 6.36 Å². The molecule has 0 aliphatic heterocycles. The fourth-order valence-corrected chi connectivity index (χ4v) is 1.74. The summed E-state index contributed by atoms with van der Waals surface area (Å²) in [6, 6.07) is 6.53. The molecule has 3 aromatic rings. The van der Waals surface area contributed by atoms with Crippen LogP contribution in [0.4, 0.5) is 24.5 Å². The Labute approximate surface area is 120 Å². The number of aromatic hydroxyl groups is 1. The zero-order valence-corrected chi connectivity index (χ0v) is 10.6. The molecule has 0 saturated carbocycles. The van der Waals surface area contributed by atoms with Gasteiger partial charge >= 0.3 is 6.36 Å². The van der Waals surface area contributed by atoms with Crippen LogP contribution in [-0.2, 0) is 0 Å². The second-order valence-electron chi connectivity index (χ2n) is 4.17. The number of benzene rings is 1. The van der Waals surface area contributed by atoms with E-state index in [-0.39, 0.29) is 22.5 Å². The van der Waals surface area contributed by atoms with Crippen LogP contribution in [0.1, 0.15) is 0 Å². The fourth-order valence-electron chi connectivity index (χ4n) is 1.74. The number of rotatable bonds is 3. The van der Waals surface area contributed by atoms with E-state index in [0.717, 1.165) is 12.1 Å². The number of hydrogen-bond donors (Lipinski definition) is 2. The molecule has 2 heterocycles.